The Hall–Kier alpha value is -1.63. The fourth-order valence-electron chi connectivity index (χ4n) is 2.21. The molecule has 1 aromatic rings. The quantitative estimate of drug-likeness (QED) is 0.843. The number of anilines is 2. The molecule has 112 valence electrons. The maximum Gasteiger partial charge on any atom is 0.322 e. The summed E-state index contributed by atoms with van der Waals surface area (Å²) in [6, 6.07) is 0.341. The van der Waals surface area contributed by atoms with Crippen LogP contribution in [0, 0.1) is 0 Å². The molecule has 1 aliphatic heterocycles. The van der Waals surface area contributed by atoms with Gasteiger partial charge in [0, 0.05) is 26.7 Å². The van der Waals surface area contributed by atoms with E-state index in [2.05, 4.69) is 32.1 Å². The first-order valence-electron chi connectivity index (χ1n) is 7.08. The van der Waals surface area contributed by atoms with Crippen molar-refractivity contribution in [2.75, 3.05) is 44.1 Å². The Morgan fingerprint density at radius 1 is 1.30 bits per heavy atom. The van der Waals surface area contributed by atoms with Crippen LogP contribution < -0.4 is 15.0 Å². The summed E-state index contributed by atoms with van der Waals surface area (Å²) in [6.45, 7) is 4.66. The molecule has 2 rings (SSSR count). The number of nitrogens with one attached hydrogen (secondary N) is 1. The van der Waals surface area contributed by atoms with Gasteiger partial charge in [-0.3, -0.25) is 0 Å². The molecule has 1 N–H and O–H groups in total. The molecule has 7 nitrogen and oxygen atoms in total. The number of hydrogen-bond donors (Lipinski definition) is 1. The Kier molecular flexibility index (Phi) is 5.34. The van der Waals surface area contributed by atoms with E-state index in [0.717, 1.165) is 38.9 Å². The van der Waals surface area contributed by atoms with Crippen molar-refractivity contribution in [3.63, 3.8) is 0 Å². The Bertz CT molecular complexity index is 429. The molecule has 0 aromatic carbocycles. The molecule has 0 aliphatic carbocycles. The standard InChI is InChI=1S/C13H23N5O2/c1-4-7-14-11-15-12(17-13(16-11)20-3)18-8-5-6-10(9-18)19-2/h10H,4-9H2,1-3H3,(H,14,15,16,17). The van der Waals surface area contributed by atoms with Crippen LogP contribution >= 0.6 is 0 Å². The van der Waals surface area contributed by atoms with E-state index in [9.17, 15) is 0 Å². The number of hydrogen-bond acceptors (Lipinski definition) is 7. The zero-order valence-corrected chi connectivity index (χ0v) is 12.4. The van der Waals surface area contributed by atoms with Crippen molar-refractivity contribution >= 4 is 11.9 Å². The molecular formula is C13H23N5O2. The zero-order valence-electron chi connectivity index (χ0n) is 12.4. The van der Waals surface area contributed by atoms with Crippen LogP contribution in [0.25, 0.3) is 0 Å². The summed E-state index contributed by atoms with van der Waals surface area (Å²) < 4.78 is 10.6. The Balaban J connectivity index is 2.16. The second-order valence-corrected chi connectivity index (χ2v) is 4.82. The predicted molar refractivity (Wildman–Crippen MR) is 77.4 cm³/mol. The van der Waals surface area contributed by atoms with Gasteiger partial charge in [0.1, 0.15) is 0 Å². The van der Waals surface area contributed by atoms with Crippen LogP contribution in [0.3, 0.4) is 0 Å². The predicted octanol–water partition coefficient (Wildman–Crippen LogP) is 1.32. The summed E-state index contributed by atoms with van der Waals surface area (Å²) in [5.74, 6) is 1.21. The third kappa shape index (κ3) is 3.69. The first kappa shape index (κ1) is 14.8. The van der Waals surface area contributed by atoms with Gasteiger partial charge in [-0.15, -0.1) is 0 Å². The van der Waals surface area contributed by atoms with E-state index in [1.165, 1.54) is 0 Å². The van der Waals surface area contributed by atoms with Gasteiger partial charge in [-0.2, -0.15) is 15.0 Å². The van der Waals surface area contributed by atoms with E-state index in [-0.39, 0.29) is 6.10 Å². The number of nitrogens with zero attached hydrogens (tertiary/aromatic N) is 4. The fraction of sp³-hybridized carbons (Fsp3) is 0.769. The van der Waals surface area contributed by atoms with Gasteiger partial charge in [-0.05, 0) is 19.3 Å². The molecule has 0 radical (unpaired) electrons. The van der Waals surface area contributed by atoms with Crippen LogP contribution in [0.2, 0.25) is 0 Å². The average Bonchev–Trinajstić information content (AvgIpc) is 2.52. The lowest BCUT2D eigenvalue weighted by molar-refractivity contribution is 0.0888. The highest BCUT2D eigenvalue weighted by Gasteiger charge is 2.22. The van der Waals surface area contributed by atoms with Crippen LogP contribution in [0.1, 0.15) is 26.2 Å². The van der Waals surface area contributed by atoms with Crippen molar-refractivity contribution in [3.8, 4) is 6.01 Å². The van der Waals surface area contributed by atoms with Crippen molar-refractivity contribution in [1.29, 1.82) is 0 Å². The normalized spacial score (nSPS) is 18.9. The topological polar surface area (TPSA) is 72.4 Å². The number of rotatable bonds is 6. The summed E-state index contributed by atoms with van der Waals surface area (Å²) in [7, 11) is 3.31. The third-order valence-corrected chi connectivity index (χ3v) is 3.31. The largest absolute Gasteiger partial charge is 0.467 e. The zero-order chi connectivity index (χ0) is 14.4. The first-order valence-corrected chi connectivity index (χ1v) is 7.08. The lowest BCUT2D eigenvalue weighted by Gasteiger charge is -2.31. The number of piperidine rings is 1. The smallest absolute Gasteiger partial charge is 0.322 e. The van der Waals surface area contributed by atoms with E-state index in [4.69, 9.17) is 9.47 Å². The summed E-state index contributed by atoms with van der Waals surface area (Å²) in [5, 5.41) is 3.17. The maximum atomic E-state index is 5.43. The van der Waals surface area contributed by atoms with Gasteiger partial charge in [0.2, 0.25) is 11.9 Å². The average molecular weight is 281 g/mol. The van der Waals surface area contributed by atoms with E-state index in [1.807, 2.05) is 0 Å². The molecule has 20 heavy (non-hydrogen) atoms. The molecule has 2 heterocycles. The minimum Gasteiger partial charge on any atom is -0.467 e. The first-order chi connectivity index (χ1) is 9.76. The highest BCUT2D eigenvalue weighted by molar-refractivity contribution is 5.39. The summed E-state index contributed by atoms with van der Waals surface area (Å²) in [4.78, 5) is 15.1. The van der Waals surface area contributed by atoms with Crippen molar-refractivity contribution in [2.24, 2.45) is 0 Å². The number of methoxy groups -OCH3 is 2. The summed E-state index contributed by atoms with van der Waals surface area (Å²) in [5.41, 5.74) is 0. The maximum absolute atomic E-state index is 5.43. The Morgan fingerprint density at radius 2 is 2.15 bits per heavy atom. The minimum absolute atomic E-state index is 0.235. The molecule has 1 unspecified atom stereocenters. The van der Waals surface area contributed by atoms with Crippen molar-refractivity contribution < 1.29 is 9.47 Å². The highest BCUT2D eigenvalue weighted by Crippen LogP contribution is 2.20. The molecule has 1 saturated heterocycles. The molecule has 1 aromatic heterocycles. The van der Waals surface area contributed by atoms with Crippen LogP contribution in [-0.2, 0) is 4.74 Å². The minimum atomic E-state index is 0.235. The molecule has 0 spiro atoms. The monoisotopic (exact) mass is 281 g/mol. The van der Waals surface area contributed by atoms with E-state index in [1.54, 1.807) is 14.2 Å². The van der Waals surface area contributed by atoms with Gasteiger partial charge < -0.3 is 19.7 Å². The van der Waals surface area contributed by atoms with Crippen LogP contribution in [-0.4, -0.2) is 54.9 Å². The van der Waals surface area contributed by atoms with Gasteiger partial charge in [0.15, 0.2) is 0 Å². The van der Waals surface area contributed by atoms with Crippen LogP contribution in [0.15, 0.2) is 0 Å². The van der Waals surface area contributed by atoms with Gasteiger partial charge in [-0.1, -0.05) is 6.92 Å². The van der Waals surface area contributed by atoms with Gasteiger partial charge in [0.25, 0.3) is 0 Å². The molecular weight excluding hydrogens is 258 g/mol. The van der Waals surface area contributed by atoms with E-state index < -0.39 is 0 Å². The Morgan fingerprint density at radius 3 is 2.85 bits per heavy atom. The van der Waals surface area contributed by atoms with Gasteiger partial charge in [0.05, 0.1) is 13.2 Å². The molecule has 1 atom stereocenters. The molecule has 0 bridgehead atoms. The van der Waals surface area contributed by atoms with Gasteiger partial charge in [-0.25, -0.2) is 0 Å². The van der Waals surface area contributed by atoms with Crippen LogP contribution in [0.4, 0.5) is 11.9 Å². The van der Waals surface area contributed by atoms with Crippen molar-refractivity contribution in [2.45, 2.75) is 32.3 Å². The Labute approximate surface area is 119 Å². The lowest BCUT2D eigenvalue weighted by atomic mass is 10.1. The number of ether oxygens (including phenoxy) is 2. The summed E-state index contributed by atoms with van der Waals surface area (Å²) >= 11 is 0. The summed E-state index contributed by atoms with van der Waals surface area (Å²) in [6.07, 6.45) is 3.40. The molecule has 0 saturated carbocycles. The number of aromatic nitrogens is 3. The second-order valence-electron chi connectivity index (χ2n) is 4.82. The third-order valence-electron chi connectivity index (χ3n) is 3.31. The molecule has 1 aliphatic rings. The van der Waals surface area contributed by atoms with E-state index >= 15 is 0 Å². The SMILES string of the molecule is CCCNc1nc(OC)nc(N2CCCC(OC)C2)n1. The second kappa shape index (κ2) is 7.23. The molecule has 0 amide bonds. The molecule has 7 heteroatoms. The lowest BCUT2D eigenvalue weighted by Crippen LogP contribution is -2.40. The van der Waals surface area contributed by atoms with Gasteiger partial charge >= 0.3 is 6.01 Å². The van der Waals surface area contributed by atoms with Crippen LogP contribution in [0.5, 0.6) is 6.01 Å². The fourth-order valence-corrected chi connectivity index (χ4v) is 2.21. The van der Waals surface area contributed by atoms with E-state index in [0.29, 0.717) is 17.9 Å². The van der Waals surface area contributed by atoms with Crippen molar-refractivity contribution in [3.05, 3.63) is 0 Å². The molecule has 1 fully saturated rings. The van der Waals surface area contributed by atoms with Crippen molar-refractivity contribution in [1.82, 2.24) is 15.0 Å². The highest BCUT2D eigenvalue weighted by atomic mass is 16.5.